The molecule has 2 heteroatoms. The molecule has 0 aromatic heterocycles. The third kappa shape index (κ3) is 4.48. The van der Waals surface area contributed by atoms with Crippen LogP contribution in [0.2, 0.25) is 0 Å². The van der Waals surface area contributed by atoms with E-state index in [-0.39, 0.29) is 5.82 Å². The Morgan fingerprint density at radius 3 is 2.32 bits per heavy atom. The van der Waals surface area contributed by atoms with Crippen LogP contribution in [-0.2, 0) is 0 Å². The van der Waals surface area contributed by atoms with E-state index in [9.17, 15) is 4.39 Å². The lowest BCUT2D eigenvalue weighted by Gasteiger charge is -2.18. The first-order valence-corrected chi connectivity index (χ1v) is 8.42. The summed E-state index contributed by atoms with van der Waals surface area (Å²) in [6.07, 6.45) is 0.916. The minimum atomic E-state index is -0.321. The maximum atomic E-state index is 13.5. The van der Waals surface area contributed by atoms with Gasteiger partial charge in [-0.25, -0.2) is 4.39 Å². The van der Waals surface area contributed by atoms with Crippen molar-refractivity contribution in [2.75, 3.05) is 0 Å². The van der Waals surface area contributed by atoms with E-state index in [1.54, 1.807) is 12.1 Å². The molecule has 0 aliphatic rings. The van der Waals surface area contributed by atoms with Gasteiger partial charge in [0.05, 0.1) is 0 Å². The lowest BCUT2D eigenvalue weighted by Crippen LogP contribution is -1.97. The van der Waals surface area contributed by atoms with Crippen molar-refractivity contribution in [1.29, 1.82) is 0 Å². The monoisotopic (exact) mass is 336 g/mol. The van der Waals surface area contributed by atoms with Crippen molar-refractivity contribution in [2.24, 2.45) is 0 Å². The largest absolute Gasteiger partial charge is 0.457 e. The highest BCUT2D eigenvalue weighted by Crippen LogP contribution is 2.37. The van der Waals surface area contributed by atoms with E-state index < -0.39 is 0 Å². The number of benzene rings is 2. The van der Waals surface area contributed by atoms with Crippen LogP contribution in [0, 0.1) is 5.82 Å². The van der Waals surface area contributed by atoms with Crippen molar-refractivity contribution in [2.45, 2.75) is 34.1 Å². The Balaban J connectivity index is 2.63. The molecule has 0 amide bonds. The number of allylic oxidation sites excluding steroid dienone is 4. The van der Waals surface area contributed by atoms with Gasteiger partial charge in [0.15, 0.2) is 0 Å². The fraction of sp³-hybridized carbons (Fsp3) is 0.217. The third-order valence-corrected chi connectivity index (χ3v) is 4.15. The van der Waals surface area contributed by atoms with Gasteiger partial charge >= 0.3 is 0 Å². The molecular formula is C23H25FO. The van der Waals surface area contributed by atoms with Crippen LogP contribution in [0.15, 0.2) is 66.8 Å². The summed E-state index contributed by atoms with van der Waals surface area (Å²) < 4.78 is 19.5. The van der Waals surface area contributed by atoms with Crippen molar-refractivity contribution in [3.63, 3.8) is 0 Å². The number of rotatable bonds is 6. The lowest BCUT2D eigenvalue weighted by atomic mass is 9.91. The number of hydrogen-bond donors (Lipinski definition) is 0. The zero-order valence-electron chi connectivity index (χ0n) is 15.4. The van der Waals surface area contributed by atoms with Gasteiger partial charge in [0, 0.05) is 11.6 Å². The summed E-state index contributed by atoms with van der Waals surface area (Å²) in [5.74, 6) is 0.832. The van der Waals surface area contributed by atoms with Gasteiger partial charge < -0.3 is 4.74 Å². The second-order valence-corrected chi connectivity index (χ2v) is 6.34. The van der Waals surface area contributed by atoms with Crippen molar-refractivity contribution >= 4 is 11.1 Å². The molecule has 0 heterocycles. The maximum absolute atomic E-state index is 13.5. The van der Waals surface area contributed by atoms with Crippen molar-refractivity contribution in [1.82, 2.24) is 0 Å². The molecule has 2 rings (SSSR count). The minimum Gasteiger partial charge on any atom is -0.457 e. The molecule has 0 unspecified atom stereocenters. The first-order chi connectivity index (χ1) is 11.8. The van der Waals surface area contributed by atoms with Crippen molar-refractivity contribution < 1.29 is 9.13 Å². The predicted octanol–water partition coefficient (Wildman–Crippen LogP) is 7.41. The molecule has 2 aromatic rings. The fourth-order valence-corrected chi connectivity index (χ4v) is 2.74. The van der Waals surface area contributed by atoms with Gasteiger partial charge in [0.25, 0.3) is 0 Å². The third-order valence-electron chi connectivity index (χ3n) is 4.15. The van der Waals surface area contributed by atoms with E-state index in [4.69, 9.17) is 4.74 Å². The van der Waals surface area contributed by atoms with Crippen molar-refractivity contribution in [3.05, 3.63) is 83.7 Å². The minimum absolute atomic E-state index is 0.321. The van der Waals surface area contributed by atoms with Gasteiger partial charge in [-0.2, -0.15) is 0 Å². The molecule has 0 fully saturated rings. The van der Waals surface area contributed by atoms with Gasteiger partial charge in [-0.15, -0.1) is 0 Å². The Morgan fingerprint density at radius 2 is 1.76 bits per heavy atom. The Bertz CT molecular complexity index is 843. The lowest BCUT2D eigenvalue weighted by molar-refractivity contribution is 0.475. The summed E-state index contributed by atoms with van der Waals surface area (Å²) in [5, 5.41) is 0. The second kappa shape index (κ2) is 7.98. The van der Waals surface area contributed by atoms with Gasteiger partial charge in [-0.3, -0.25) is 0 Å². The first kappa shape index (κ1) is 18.7. The van der Waals surface area contributed by atoms with E-state index >= 15 is 0 Å². The standard InChI is InChI=1S/C23H25FO/c1-7-17(6)23(16(4)5)21-13-18(15(2)3)11-12-22(21)25-20-10-8-9-19(24)14-20/h8-14H,2,4,7H2,1,3,5-6H3/b23-17+. The summed E-state index contributed by atoms with van der Waals surface area (Å²) in [6.45, 7) is 16.4. The molecular weight excluding hydrogens is 311 g/mol. The highest BCUT2D eigenvalue weighted by atomic mass is 19.1. The topological polar surface area (TPSA) is 9.23 Å². The van der Waals surface area contributed by atoms with Crippen LogP contribution < -0.4 is 4.74 Å². The molecule has 0 saturated heterocycles. The van der Waals surface area contributed by atoms with Gasteiger partial charge in [0.1, 0.15) is 17.3 Å². The van der Waals surface area contributed by atoms with Crippen LogP contribution in [0.1, 0.15) is 45.2 Å². The predicted molar refractivity (Wildman–Crippen MR) is 105 cm³/mol. The molecule has 0 radical (unpaired) electrons. The zero-order valence-corrected chi connectivity index (χ0v) is 15.4. The highest BCUT2D eigenvalue weighted by Gasteiger charge is 2.15. The molecule has 0 spiro atoms. The second-order valence-electron chi connectivity index (χ2n) is 6.34. The van der Waals surface area contributed by atoms with Crippen LogP contribution in [0.3, 0.4) is 0 Å². The Hall–Kier alpha value is -2.61. The van der Waals surface area contributed by atoms with Gasteiger partial charge in [-0.05, 0) is 62.6 Å². The molecule has 2 aromatic carbocycles. The molecule has 0 aliphatic heterocycles. The molecule has 1 nitrogen and oxygen atoms in total. The maximum Gasteiger partial charge on any atom is 0.135 e. The van der Waals surface area contributed by atoms with E-state index in [0.29, 0.717) is 11.5 Å². The summed E-state index contributed by atoms with van der Waals surface area (Å²) in [6, 6.07) is 12.1. The normalized spacial score (nSPS) is 11.7. The van der Waals surface area contributed by atoms with E-state index in [2.05, 4.69) is 33.1 Å². The number of ether oxygens (including phenoxy) is 1. The Kier molecular flexibility index (Phi) is 5.97. The summed E-state index contributed by atoms with van der Waals surface area (Å²) in [7, 11) is 0. The summed E-state index contributed by atoms with van der Waals surface area (Å²) >= 11 is 0. The average molecular weight is 336 g/mol. The van der Waals surface area contributed by atoms with E-state index in [0.717, 1.165) is 34.3 Å². The van der Waals surface area contributed by atoms with Gasteiger partial charge in [0.2, 0.25) is 0 Å². The molecule has 0 saturated carbocycles. The molecule has 0 aliphatic carbocycles. The fourth-order valence-electron chi connectivity index (χ4n) is 2.74. The summed E-state index contributed by atoms with van der Waals surface area (Å²) in [5.41, 5.74) is 6.27. The van der Waals surface area contributed by atoms with Crippen LogP contribution in [0.4, 0.5) is 4.39 Å². The Labute approximate surface area is 150 Å². The molecule has 25 heavy (non-hydrogen) atoms. The highest BCUT2D eigenvalue weighted by molar-refractivity contribution is 5.85. The smallest absolute Gasteiger partial charge is 0.135 e. The van der Waals surface area contributed by atoms with Crippen molar-refractivity contribution in [3.8, 4) is 11.5 Å². The average Bonchev–Trinajstić information content (AvgIpc) is 2.55. The Morgan fingerprint density at radius 1 is 1.04 bits per heavy atom. The van der Waals surface area contributed by atoms with Crippen LogP contribution in [-0.4, -0.2) is 0 Å². The molecule has 130 valence electrons. The van der Waals surface area contributed by atoms with Crippen LogP contribution >= 0.6 is 0 Å². The first-order valence-electron chi connectivity index (χ1n) is 8.42. The number of halogens is 1. The SMILES string of the molecule is C=C(C)/C(=C(/C)CC)c1cc(C(=C)C)ccc1Oc1cccc(F)c1. The van der Waals surface area contributed by atoms with Gasteiger partial charge in [-0.1, -0.05) is 48.9 Å². The quantitative estimate of drug-likeness (QED) is 0.499. The number of hydrogen-bond acceptors (Lipinski definition) is 1. The molecule has 0 N–H and O–H groups in total. The van der Waals surface area contributed by atoms with Crippen LogP contribution in [0.5, 0.6) is 11.5 Å². The van der Waals surface area contributed by atoms with E-state index in [1.165, 1.54) is 17.7 Å². The zero-order chi connectivity index (χ0) is 18.6. The molecule has 0 bridgehead atoms. The molecule has 0 atom stereocenters. The summed E-state index contributed by atoms with van der Waals surface area (Å²) in [4.78, 5) is 0. The van der Waals surface area contributed by atoms with E-state index in [1.807, 2.05) is 26.0 Å². The van der Waals surface area contributed by atoms with Crippen LogP contribution in [0.25, 0.3) is 11.1 Å².